The lowest BCUT2D eigenvalue weighted by atomic mass is 10.2. The van der Waals surface area contributed by atoms with Crippen LogP contribution in [0.25, 0.3) is 10.7 Å². The van der Waals surface area contributed by atoms with Crippen LogP contribution >= 0.6 is 34.9 Å². The number of aromatic nitrogens is 3. The Morgan fingerprint density at radius 2 is 2.45 bits per heavy atom. The molecule has 3 rings (SSSR count). The summed E-state index contributed by atoms with van der Waals surface area (Å²) in [6, 6.07) is 4.38. The Morgan fingerprint density at radius 3 is 3.10 bits per heavy atom. The standard InChI is InChI=1S/C12H13N3O2S3/c16-10(17)7-20-12-14-13-11(9-2-1-4-19-9)15(12)8-3-5-18-6-8/h1-2,4,8H,3,5-7H2,(H,16,17). The number of carboxylic acids is 1. The smallest absolute Gasteiger partial charge is 0.313 e. The predicted octanol–water partition coefficient (Wildman–Crippen LogP) is 2.86. The van der Waals surface area contributed by atoms with Crippen molar-refractivity contribution < 1.29 is 9.90 Å². The summed E-state index contributed by atoms with van der Waals surface area (Å²) < 4.78 is 2.12. The predicted molar refractivity (Wildman–Crippen MR) is 82.7 cm³/mol. The molecule has 0 aromatic carbocycles. The molecule has 1 fully saturated rings. The van der Waals surface area contributed by atoms with Crippen LogP contribution < -0.4 is 0 Å². The number of hydrogen-bond donors (Lipinski definition) is 1. The Kier molecular flexibility index (Phi) is 4.32. The number of carboxylic acid groups (broad SMARTS) is 1. The van der Waals surface area contributed by atoms with Crippen LogP contribution in [0.3, 0.4) is 0 Å². The Morgan fingerprint density at radius 1 is 1.55 bits per heavy atom. The first kappa shape index (κ1) is 14.0. The van der Waals surface area contributed by atoms with Crippen molar-refractivity contribution in [3.05, 3.63) is 17.5 Å². The fraction of sp³-hybridized carbons (Fsp3) is 0.417. The maximum atomic E-state index is 10.8. The molecule has 8 heteroatoms. The van der Waals surface area contributed by atoms with E-state index >= 15 is 0 Å². The fourth-order valence-corrected chi connectivity index (χ4v) is 4.75. The van der Waals surface area contributed by atoms with Gasteiger partial charge in [0.05, 0.1) is 10.6 Å². The van der Waals surface area contributed by atoms with Crippen molar-refractivity contribution in [2.24, 2.45) is 0 Å². The van der Waals surface area contributed by atoms with Crippen molar-refractivity contribution in [3.63, 3.8) is 0 Å². The number of hydrogen-bond acceptors (Lipinski definition) is 6. The van der Waals surface area contributed by atoms with E-state index in [9.17, 15) is 4.79 Å². The average molecular weight is 327 g/mol. The van der Waals surface area contributed by atoms with Gasteiger partial charge in [0, 0.05) is 11.8 Å². The third-order valence-electron chi connectivity index (χ3n) is 3.00. The van der Waals surface area contributed by atoms with E-state index in [1.54, 1.807) is 11.3 Å². The largest absolute Gasteiger partial charge is 0.481 e. The van der Waals surface area contributed by atoms with Gasteiger partial charge in [0.25, 0.3) is 0 Å². The van der Waals surface area contributed by atoms with E-state index < -0.39 is 5.97 Å². The van der Waals surface area contributed by atoms with Gasteiger partial charge in [-0.1, -0.05) is 17.8 Å². The highest BCUT2D eigenvalue weighted by Crippen LogP contribution is 2.36. The minimum atomic E-state index is -0.831. The van der Waals surface area contributed by atoms with Gasteiger partial charge in [-0.15, -0.1) is 21.5 Å². The van der Waals surface area contributed by atoms with Crippen LogP contribution in [0.4, 0.5) is 0 Å². The van der Waals surface area contributed by atoms with Crippen LogP contribution in [0, 0.1) is 0 Å². The molecule has 3 heterocycles. The van der Waals surface area contributed by atoms with Crippen LogP contribution in [-0.4, -0.2) is 43.1 Å². The molecule has 1 unspecified atom stereocenters. The molecule has 1 saturated heterocycles. The molecular weight excluding hydrogens is 314 g/mol. The molecule has 20 heavy (non-hydrogen) atoms. The molecule has 0 bridgehead atoms. The third kappa shape index (κ3) is 2.87. The third-order valence-corrected chi connectivity index (χ3v) is 5.94. The van der Waals surface area contributed by atoms with E-state index in [0.29, 0.717) is 11.2 Å². The number of thiophene rings is 1. The molecule has 1 aliphatic rings. The highest BCUT2D eigenvalue weighted by Gasteiger charge is 2.25. The van der Waals surface area contributed by atoms with Gasteiger partial charge in [-0.3, -0.25) is 9.36 Å². The Hall–Kier alpha value is -0.990. The molecule has 5 nitrogen and oxygen atoms in total. The van der Waals surface area contributed by atoms with Crippen LogP contribution in [-0.2, 0) is 4.79 Å². The number of aliphatic carboxylic acids is 1. The molecular formula is C12H13N3O2S3. The lowest BCUT2D eigenvalue weighted by Crippen LogP contribution is -2.11. The van der Waals surface area contributed by atoms with Gasteiger partial charge in [0.2, 0.25) is 0 Å². The fourth-order valence-electron chi connectivity index (χ4n) is 2.13. The number of thioether (sulfide) groups is 2. The van der Waals surface area contributed by atoms with Crippen molar-refractivity contribution in [2.45, 2.75) is 17.6 Å². The molecule has 0 amide bonds. The topological polar surface area (TPSA) is 68.0 Å². The molecule has 0 saturated carbocycles. The molecule has 106 valence electrons. The summed E-state index contributed by atoms with van der Waals surface area (Å²) in [5.74, 6) is 2.22. The second kappa shape index (κ2) is 6.19. The maximum absolute atomic E-state index is 10.8. The van der Waals surface area contributed by atoms with Gasteiger partial charge in [0.1, 0.15) is 0 Å². The average Bonchev–Trinajstić information content (AvgIpc) is 3.15. The highest BCUT2D eigenvalue weighted by atomic mass is 32.2. The van der Waals surface area contributed by atoms with E-state index in [0.717, 1.165) is 28.6 Å². The summed E-state index contributed by atoms with van der Waals surface area (Å²) in [5.41, 5.74) is 0. The van der Waals surface area contributed by atoms with E-state index in [1.807, 2.05) is 29.3 Å². The second-order valence-electron chi connectivity index (χ2n) is 4.35. The van der Waals surface area contributed by atoms with Crippen molar-refractivity contribution >= 4 is 40.8 Å². The normalized spacial score (nSPS) is 18.5. The summed E-state index contributed by atoms with van der Waals surface area (Å²) >= 11 is 4.80. The number of nitrogens with zero attached hydrogens (tertiary/aromatic N) is 3. The first-order valence-corrected chi connectivity index (χ1v) is 9.19. The zero-order valence-corrected chi connectivity index (χ0v) is 13.0. The van der Waals surface area contributed by atoms with Crippen LogP contribution in [0.2, 0.25) is 0 Å². The van der Waals surface area contributed by atoms with E-state index in [4.69, 9.17) is 5.11 Å². The van der Waals surface area contributed by atoms with Crippen LogP contribution in [0.5, 0.6) is 0 Å². The van der Waals surface area contributed by atoms with Crippen molar-refractivity contribution in [2.75, 3.05) is 17.3 Å². The van der Waals surface area contributed by atoms with E-state index in [2.05, 4.69) is 14.8 Å². The molecule has 2 aromatic heterocycles. The Labute approximate surface area is 128 Å². The lowest BCUT2D eigenvalue weighted by molar-refractivity contribution is -0.133. The molecule has 1 N–H and O–H groups in total. The first-order valence-electron chi connectivity index (χ1n) is 6.17. The van der Waals surface area contributed by atoms with Crippen molar-refractivity contribution in [1.29, 1.82) is 0 Å². The summed E-state index contributed by atoms with van der Waals surface area (Å²) in [4.78, 5) is 11.8. The minimum absolute atomic E-state index is 0.0163. The molecule has 1 aliphatic heterocycles. The Balaban J connectivity index is 1.95. The summed E-state index contributed by atoms with van der Waals surface area (Å²) in [6.45, 7) is 0. The first-order chi connectivity index (χ1) is 9.75. The summed E-state index contributed by atoms with van der Waals surface area (Å²) in [7, 11) is 0. The number of carbonyl (C=O) groups is 1. The summed E-state index contributed by atoms with van der Waals surface area (Å²) in [5, 5.41) is 20.0. The zero-order chi connectivity index (χ0) is 13.9. The molecule has 2 aromatic rings. The lowest BCUT2D eigenvalue weighted by Gasteiger charge is -2.15. The molecule has 1 atom stereocenters. The second-order valence-corrected chi connectivity index (χ2v) is 7.39. The van der Waals surface area contributed by atoms with Crippen molar-refractivity contribution in [1.82, 2.24) is 14.8 Å². The quantitative estimate of drug-likeness (QED) is 0.852. The number of rotatable bonds is 5. The van der Waals surface area contributed by atoms with Crippen LogP contribution in [0.15, 0.2) is 22.7 Å². The maximum Gasteiger partial charge on any atom is 0.313 e. The van der Waals surface area contributed by atoms with Gasteiger partial charge in [0.15, 0.2) is 11.0 Å². The van der Waals surface area contributed by atoms with Gasteiger partial charge < -0.3 is 5.11 Å². The van der Waals surface area contributed by atoms with Crippen LogP contribution in [0.1, 0.15) is 12.5 Å². The van der Waals surface area contributed by atoms with Gasteiger partial charge in [-0.2, -0.15) is 11.8 Å². The summed E-state index contributed by atoms with van der Waals surface area (Å²) in [6.07, 6.45) is 1.09. The minimum Gasteiger partial charge on any atom is -0.481 e. The van der Waals surface area contributed by atoms with Crippen molar-refractivity contribution in [3.8, 4) is 10.7 Å². The zero-order valence-electron chi connectivity index (χ0n) is 10.6. The van der Waals surface area contributed by atoms with Gasteiger partial charge >= 0.3 is 5.97 Å². The SMILES string of the molecule is O=C(O)CSc1nnc(-c2cccs2)n1C1CCSC1. The van der Waals surface area contributed by atoms with E-state index in [1.165, 1.54) is 11.8 Å². The van der Waals surface area contributed by atoms with Gasteiger partial charge in [-0.05, 0) is 23.6 Å². The molecule has 0 radical (unpaired) electrons. The van der Waals surface area contributed by atoms with E-state index in [-0.39, 0.29) is 5.75 Å². The monoisotopic (exact) mass is 327 g/mol. The molecule has 0 aliphatic carbocycles. The van der Waals surface area contributed by atoms with Gasteiger partial charge in [-0.25, -0.2) is 0 Å². The molecule has 0 spiro atoms. The Bertz CT molecular complexity index is 591. The highest BCUT2D eigenvalue weighted by molar-refractivity contribution is 8.00.